The molecule has 0 unspecified atom stereocenters. The third kappa shape index (κ3) is 10.6. The lowest BCUT2D eigenvalue weighted by molar-refractivity contribution is 0.262. The number of amides is 2. The first kappa shape index (κ1) is 36.4. The van der Waals surface area contributed by atoms with Crippen LogP contribution < -0.4 is 15.4 Å². The number of hydrogen-bond donors (Lipinski definition) is 4. The number of imidazole rings is 1. The van der Waals surface area contributed by atoms with Crippen LogP contribution in [0.2, 0.25) is 20.1 Å². The van der Waals surface area contributed by atoms with E-state index in [9.17, 15) is 9.90 Å². The van der Waals surface area contributed by atoms with Gasteiger partial charge in [-0.15, -0.1) is 0 Å². The Hall–Kier alpha value is -4.40. The lowest BCUT2D eigenvalue weighted by Gasteiger charge is -2.09. The van der Waals surface area contributed by atoms with Gasteiger partial charge in [-0.3, -0.25) is 0 Å². The number of ether oxygens (including phenoxy) is 1. The number of hydrogen-bond acceptors (Lipinski definition) is 4. The van der Waals surface area contributed by atoms with Crippen molar-refractivity contribution in [1.82, 2.24) is 9.97 Å². The van der Waals surface area contributed by atoms with Crippen molar-refractivity contribution in [2.75, 3.05) is 10.6 Å². The summed E-state index contributed by atoms with van der Waals surface area (Å²) >= 11 is 23.4. The summed E-state index contributed by atoms with van der Waals surface area (Å²) in [6, 6.07) is 26.4. The van der Waals surface area contributed by atoms with Crippen LogP contribution in [0.25, 0.3) is 11.0 Å². The summed E-state index contributed by atoms with van der Waals surface area (Å²) in [7, 11) is 0. The van der Waals surface area contributed by atoms with E-state index in [2.05, 4.69) is 46.6 Å². The molecule has 7 nitrogen and oxygen atoms in total. The normalized spacial score (nSPS) is 10.4. The number of nitrogens with zero attached hydrogens (tertiary/aromatic N) is 1. The molecule has 5 aromatic carbocycles. The van der Waals surface area contributed by atoms with Gasteiger partial charge in [0.25, 0.3) is 0 Å². The zero-order chi connectivity index (χ0) is 35.0. The summed E-state index contributed by atoms with van der Waals surface area (Å²) in [5.41, 5.74) is 8.21. The maximum Gasteiger partial charge on any atom is 0.323 e. The number of phenols is 1. The fraction of sp³-hybridized carbons (Fsp3) is 0.135. The first-order valence-corrected chi connectivity index (χ1v) is 16.2. The van der Waals surface area contributed by atoms with Crippen LogP contribution in [0.5, 0.6) is 17.2 Å². The minimum absolute atomic E-state index is 0.0796. The number of aromatic nitrogens is 2. The van der Waals surface area contributed by atoms with Crippen molar-refractivity contribution in [1.29, 1.82) is 0 Å². The predicted octanol–water partition coefficient (Wildman–Crippen LogP) is 12.2. The molecule has 1 aromatic heterocycles. The predicted molar refractivity (Wildman–Crippen MR) is 200 cm³/mol. The maximum absolute atomic E-state index is 11.8. The van der Waals surface area contributed by atoms with Crippen molar-refractivity contribution in [3.05, 3.63) is 139 Å². The molecule has 0 aliphatic carbocycles. The molecule has 0 spiro atoms. The van der Waals surface area contributed by atoms with Crippen LogP contribution in [-0.4, -0.2) is 21.1 Å². The van der Waals surface area contributed by atoms with E-state index in [0.717, 1.165) is 33.7 Å². The fourth-order valence-electron chi connectivity index (χ4n) is 4.29. The van der Waals surface area contributed by atoms with Gasteiger partial charge in [0.1, 0.15) is 11.6 Å². The fourth-order valence-corrected chi connectivity index (χ4v) is 5.04. The number of urea groups is 1. The molecule has 0 aliphatic heterocycles. The number of halogens is 4. The van der Waals surface area contributed by atoms with Crippen molar-refractivity contribution >= 4 is 74.8 Å². The molecule has 0 fully saturated rings. The minimum atomic E-state index is -0.331. The number of carbonyl (C=O) groups excluding carboxylic acids is 1. The van der Waals surface area contributed by atoms with Crippen LogP contribution in [0.3, 0.4) is 0 Å². The summed E-state index contributed by atoms with van der Waals surface area (Å²) in [5.74, 6) is 1.88. The largest absolute Gasteiger partial charge is 0.504 e. The molecular weight excluding hydrogens is 690 g/mol. The van der Waals surface area contributed by atoms with Gasteiger partial charge in [0.2, 0.25) is 0 Å². The van der Waals surface area contributed by atoms with Crippen LogP contribution in [0, 0.1) is 34.6 Å². The van der Waals surface area contributed by atoms with E-state index in [1.165, 1.54) is 11.1 Å². The Morgan fingerprint density at radius 3 is 1.96 bits per heavy atom. The third-order valence-electron chi connectivity index (χ3n) is 6.93. The molecular formula is C37H34Cl4N4O3. The standard InChI is InChI=1S/C14H12Cl2N2O.C13H10Cl2O2.C10H12N2/c1-9-2-4-10(5-3-9)17-14(19)18-11-6-7-12(15)13(16)8-11;1-8-2-4-13(11(16)6-8)17-12-5-3-9(14)7-10(12)15;1-6-4-9-10(5-7(6)2)12-8(3)11-9/h2-8H,1H3,(H2,17,18,19);2-7,16H,1H3;4-5H,1-3H3,(H,11,12). The van der Waals surface area contributed by atoms with E-state index in [4.69, 9.17) is 51.1 Å². The number of aromatic hydroxyl groups is 1. The summed E-state index contributed by atoms with van der Waals surface area (Å²) in [5, 5.41) is 16.9. The number of rotatable bonds is 4. The van der Waals surface area contributed by atoms with Gasteiger partial charge in [-0.2, -0.15) is 0 Å². The van der Waals surface area contributed by atoms with Gasteiger partial charge in [-0.05, 0) is 124 Å². The summed E-state index contributed by atoms with van der Waals surface area (Å²) in [6.45, 7) is 10.1. The second kappa shape index (κ2) is 16.6. The monoisotopic (exact) mass is 722 g/mol. The highest BCUT2D eigenvalue weighted by Crippen LogP contribution is 2.36. The van der Waals surface area contributed by atoms with Crippen molar-refractivity contribution in [2.45, 2.75) is 34.6 Å². The molecule has 0 aliphatic rings. The second-order valence-corrected chi connectivity index (χ2v) is 12.7. The molecule has 4 N–H and O–H groups in total. The number of fused-ring (bicyclic) bond motifs is 1. The van der Waals surface area contributed by atoms with Crippen molar-refractivity contribution < 1.29 is 14.6 Å². The van der Waals surface area contributed by atoms with Gasteiger partial charge in [0.05, 0.1) is 26.1 Å². The topological polar surface area (TPSA) is 99.3 Å². The number of nitrogens with one attached hydrogen (secondary N) is 3. The lowest BCUT2D eigenvalue weighted by atomic mass is 10.1. The average molecular weight is 725 g/mol. The van der Waals surface area contributed by atoms with E-state index < -0.39 is 0 Å². The zero-order valence-corrected chi connectivity index (χ0v) is 29.9. The Morgan fingerprint density at radius 2 is 1.29 bits per heavy atom. The van der Waals surface area contributed by atoms with Crippen molar-refractivity contribution in [3.8, 4) is 17.2 Å². The van der Waals surface area contributed by atoms with Crippen LogP contribution in [0.4, 0.5) is 16.2 Å². The third-order valence-corrected chi connectivity index (χ3v) is 8.20. The van der Waals surface area contributed by atoms with Gasteiger partial charge in [-0.25, -0.2) is 9.78 Å². The van der Waals surface area contributed by atoms with Gasteiger partial charge < -0.3 is 25.5 Å². The number of aromatic amines is 1. The quantitative estimate of drug-likeness (QED) is 0.145. The Morgan fingerprint density at radius 1 is 0.667 bits per heavy atom. The molecule has 11 heteroatoms. The molecule has 2 amide bonds. The van der Waals surface area contributed by atoms with E-state index in [-0.39, 0.29) is 11.8 Å². The van der Waals surface area contributed by atoms with Gasteiger partial charge in [-0.1, -0.05) is 70.2 Å². The maximum atomic E-state index is 11.8. The Balaban J connectivity index is 0.000000166. The molecule has 0 saturated carbocycles. The van der Waals surface area contributed by atoms with E-state index >= 15 is 0 Å². The summed E-state index contributed by atoms with van der Waals surface area (Å²) in [4.78, 5) is 19.3. The molecule has 6 rings (SSSR count). The number of phenolic OH excluding ortho intramolecular Hbond substituents is 1. The Labute approximate surface area is 299 Å². The average Bonchev–Trinajstić information content (AvgIpc) is 3.38. The van der Waals surface area contributed by atoms with E-state index in [0.29, 0.717) is 37.3 Å². The Kier molecular flexibility index (Phi) is 12.6. The highest BCUT2D eigenvalue weighted by atomic mass is 35.5. The van der Waals surface area contributed by atoms with Crippen LogP contribution in [0.1, 0.15) is 28.1 Å². The van der Waals surface area contributed by atoms with Gasteiger partial charge in [0.15, 0.2) is 11.5 Å². The molecule has 48 heavy (non-hydrogen) atoms. The Bertz CT molecular complexity index is 1960. The van der Waals surface area contributed by atoms with Gasteiger partial charge >= 0.3 is 6.03 Å². The minimum Gasteiger partial charge on any atom is -0.504 e. The van der Waals surface area contributed by atoms with E-state index in [1.54, 1.807) is 48.5 Å². The van der Waals surface area contributed by atoms with Crippen molar-refractivity contribution in [2.24, 2.45) is 0 Å². The molecule has 0 saturated heterocycles. The number of carbonyl (C=O) groups is 1. The van der Waals surface area contributed by atoms with Crippen LogP contribution in [-0.2, 0) is 0 Å². The molecule has 0 atom stereocenters. The highest BCUT2D eigenvalue weighted by molar-refractivity contribution is 6.42. The molecule has 0 radical (unpaired) electrons. The van der Waals surface area contributed by atoms with Crippen LogP contribution >= 0.6 is 46.4 Å². The van der Waals surface area contributed by atoms with Crippen LogP contribution in [0.15, 0.2) is 91.0 Å². The van der Waals surface area contributed by atoms with Gasteiger partial charge in [0, 0.05) is 16.4 Å². The highest BCUT2D eigenvalue weighted by Gasteiger charge is 2.08. The van der Waals surface area contributed by atoms with E-state index in [1.807, 2.05) is 51.1 Å². The number of aryl methyl sites for hydroxylation is 5. The molecule has 6 aromatic rings. The first-order valence-electron chi connectivity index (χ1n) is 14.7. The summed E-state index contributed by atoms with van der Waals surface area (Å²) < 4.78 is 5.51. The summed E-state index contributed by atoms with van der Waals surface area (Å²) in [6.07, 6.45) is 0. The second-order valence-electron chi connectivity index (χ2n) is 11.0. The lowest BCUT2D eigenvalue weighted by Crippen LogP contribution is -2.19. The smallest absolute Gasteiger partial charge is 0.323 e. The molecule has 1 heterocycles. The molecule has 248 valence electrons. The number of anilines is 2. The molecule has 0 bridgehead atoms. The number of H-pyrrole nitrogens is 1. The van der Waals surface area contributed by atoms with Crippen molar-refractivity contribution in [3.63, 3.8) is 0 Å². The SMILES string of the molecule is Cc1ccc(NC(=O)Nc2ccc(Cl)c(Cl)c2)cc1.Cc1ccc(Oc2ccc(Cl)cc2Cl)c(O)c1.Cc1nc2cc(C)c(C)cc2[nH]1. The zero-order valence-electron chi connectivity index (χ0n) is 26.9. The number of benzene rings is 5. The first-order chi connectivity index (χ1) is 22.8.